The molecule has 23 heavy (non-hydrogen) atoms. The predicted octanol–water partition coefficient (Wildman–Crippen LogP) is 3.53. The van der Waals surface area contributed by atoms with E-state index in [1.807, 2.05) is 54.5 Å². The number of para-hydroxylation sites is 1. The number of hydrogen-bond donors (Lipinski definition) is 0. The zero-order valence-corrected chi connectivity index (χ0v) is 13.4. The highest BCUT2D eigenvalue weighted by Crippen LogP contribution is 2.39. The van der Waals surface area contributed by atoms with Crippen LogP contribution in [0.2, 0.25) is 0 Å². The number of carbonyl (C=O) groups excluding carboxylic acids is 1. The standard InChI is InChI=1S/C17H15N3O2S/c1-19-14-7-3-2-6-13(14)17(21)20(10-12-5-4-8-22-12)16(19)15-9-18-11-23-15/h2-9,11,16H,10H2,1H3. The lowest BCUT2D eigenvalue weighted by Crippen LogP contribution is -2.47. The normalized spacial score (nSPS) is 17.4. The molecular formula is C17H15N3O2S. The number of rotatable bonds is 3. The summed E-state index contributed by atoms with van der Waals surface area (Å²) in [5, 5.41) is 0. The fraction of sp³-hybridized carbons (Fsp3) is 0.176. The van der Waals surface area contributed by atoms with Crippen molar-refractivity contribution in [3.05, 3.63) is 70.6 Å². The van der Waals surface area contributed by atoms with Crippen molar-refractivity contribution in [3.63, 3.8) is 0 Å². The monoisotopic (exact) mass is 325 g/mol. The van der Waals surface area contributed by atoms with E-state index in [0.29, 0.717) is 12.1 Å². The maximum absolute atomic E-state index is 13.0. The first-order valence-electron chi connectivity index (χ1n) is 7.29. The lowest BCUT2D eigenvalue weighted by Gasteiger charge is -2.42. The maximum atomic E-state index is 13.0. The van der Waals surface area contributed by atoms with Crippen LogP contribution in [0.5, 0.6) is 0 Å². The molecule has 0 fully saturated rings. The molecule has 0 saturated carbocycles. The van der Waals surface area contributed by atoms with E-state index >= 15 is 0 Å². The number of anilines is 1. The molecule has 1 atom stereocenters. The molecule has 4 rings (SSSR count). The minimum atomic E-state index is -0.185. The lowest BCUT2D eigenvalue weighted by molar-refractivity contribution is 0.0623. The van der Waals surface area contributed by atoms with E-state index < -0.39 is 0 Å². The van der Waals surface area contributed by atoms with Gasteiger partial charge in [0.05, 0.1) is 34.4 Å². The second-order valence-electron chi connectivity index (χ2n) is 5.42. The number of benzene rings is 1. The average molecular weight is 325 g/mol. The third-order valence-electron chi connectivity index (χ3n) is 4.05. The van der Waals surface area contributed by atoms with Gasteiger partial charge in [0, 0.05) is 13.2 Å². The Morgan fingerprint density at radius 2 is 2.13 bits per heavy atom. The molecule has 1 unspecified atom stereocenters. The summed E-state index contributed by atoms with van der Waals surface area (Å²) in [6.45, 7) is 0.424. The molecule has 6 heteroatoms. The Kier molecular flexibility index (Phi) is 3.38. The van der Waals surface area contributed by atoms with Gasteiger partial charge < -0.3 is 14.2 Å². The largest absolute Gasteiger partial charge is 0.467 e. The van der Waals surface area contributed by atoms with Gasteiger partial charge in [0.1, 0.15) is 11.9 Å². The van der Waals surface area contributed by atoms with Crippen LogP contribution in [-0.4, -0.2) is 22.8 Å². The first-order valence-corrected chi connectivity index (χ1v) is 8.17. The van der Waals surface area contributed by atoms with Gasteiger partial charge in [-0.15, -0.1) is 11.3 Å². The van der Waals surface area contributed by atoms with E-state index in [0.717, 1.165) is 16.3 Å². The molecule has 1 amide bonds. The number of amides is 1. The molecular weight excluding hydrogens is 310 g/mol. The van der Waals surface area contributed by atoms with Crippen molar-refractivity contribution in [1.82, 2.24) is 9.88 Å². The highest BCUT2D eigenvalue weighted by molar-refractivity contribution is 7.09. The van der Waals surface area contributed by atoms with E-state index in [-0.39, 0.29) is 12.1 Å². The summed E-state index contributed by atoms with van der Waals surface area (Å²) in [5.74, 6) is 0.772. The minimum absolute atomic E-state index is 0.00787. The number of carbonyl (C=O) groups is 1. The molecule has 3 heterocycles. The van der Waals surface area contributed by atoms with Crippen LogP contribution in [0.15, 0.2) is 58.8 Å². The highest BCUT2D eigenvalue weighted by Gasteiger charge is 2.37. The number of furan rings is 1. The summed E-state index contributed by atoms with van der Waals surface area (Å²) >= 11 is 1.55. The summed E-state index contributed by atoms with van der Waals surface area (Å²) in [4.78, 5) is 22.2. The van der Waals surface area contributed by atoms with Crippen molar-refractivity contribution in [2.75, 3.05) is 11.9 Å². The average Bonchev–Trinajstić information content (AvgIpc) is 3.26. The van der Waals surface area contributed by atoms with Crippen LogP contribution in [0, 0.1) is 0 Å². The Labute approximate surface area is 137 Å². The van der Waals surface area contributed by atoms with E-state index in [1.165, 1.54) is 0 Å². The molecule has 116 valence electrons. The molecule has 0 N–H and O–H groups in total. The van der Waals surface area contributed by atoms with Crippen molar-refractivity contribution in [3.8, 4) is 0 Å². The fourth-order valence-electron chi connectivity index (χ4n) is 2.99. The molecule has 0 spiro atoms. The van der Waals surface area contributed by atoms with E-state index in [1.54, 1.807) is 23.1 Å². The van der Waals surface area contributed by atoms with Gasteiger partial charge in [0.25, 0.3) is 5.91 Å². The third kappa shape index (κ3) is 2.31. The summed E-state index contributed by atoms with van der Waals surface area (Å²) in [5.41, 5.74) is 3.44. The van der Waals surface area contributed by atoms with Gasteiger partial charge in [0.15, 0.2) is 0 Å². The summed E-state index contributed by atoms with van der Waals surface area (Å²) in [6, 6.07) is 11.4. The van der Waals surface area contributed by atoms with Crippen molar-refractivity contribution in [2.45, 2.75) is 12.7 Å². The second kappa shape index (κ2) is 5.55. The smallest absolute Gasteiger partial charge is 0.258 e. The molecule has 3 aromatic rings. The Bertz CT molecular complexity index is 814. The number of nitrogens with zero attached hydrogens (tertiary/aromatic N) is 3. The summed E-state index contributed by atoms with van der Waals surface area (Å²) in [6.07, 6.45) is 3.26. The quantitative estimate of drug-likeness (QED) is 0.739. The first kappa shape index (κ1) is 14.0. The van der Waals surface area contributed by atoms with Crippen LogP contribution < -0.4 is 4.90 Å². The SMILES string of the molecule is CN1c2ccccc2C(=O)N(Cc2ccco2)C1c1cncs1. The van der Waals surface area contributed by atoms with E-state index in [2.05, 4.69) is 9.88 Å². The van der Waals surface area contributed by atoms with Crippen molar-refractivity contribution in [1.29, 1.82) is 0 Å². The van der Waals surface area contributed by atoms with Gasteiger partial charge in [-0.25, -0.2) is 0 Å². The van der Waals surface area contributed by atoms with Crippen LogP contribution in [0.3, 0.4) is 0 Å². The maximum Gasteiger partial charge on any atom is 0.258 e. The summed E-state index contributed by atoms with van der Waals surface area (Å²) < 4.78 is 5.45. The second-order valence-corrected chi connectivity index (χ2v) is 6.34. The molecule has 1 aliphatic heterocycles. The molecule has 1 aromatic carbocycles. The highest BCUT2D eigenvalue weighted by atomic mass is 32.1. The predicted molar refractivity (Wildman–Crippen MR) is 88.3 cm³/mol. The van der Waals surface area contributed by atoms with Crippen LogP contribution in [0.1, 0.15) is 27.2 Å². The Balaban J connectivity index is 1.81. The van der Waals surface area contributed by atoms with E-state index in [4.69, 9.17) is 4.42 Å². The zero-order chi connectivity index (χ0) is 15.8. The third-order valence-corrected chi connectivity index (χ3v) is 4.87. The van der Waals surface area contributed by atoms with Crippen LogP contribution in [-0.2, 0) is 6.54 Å². The number of thiazole rings is 1. The van der Waals surface area contributed by atoms with Gasteiger partial charge in [0.2, 0.25) is 0 Å². The Morgan fingerprint density at radius 3 is 2.87 bits per heavy atom. The van der Waals surface area contributed by atoms with Gasteiger partial charge in [-0.1, -0.05) is 12.1 Å². The fourth-order valence-corrected chi connectivity index (χ4v) is 3.77. The number of aromatic nitrogens is 1. The van der Waals surface area contributed by atoms with Crippen molar-refractivity contribution >= 4 is 22.9 Å². The first-order chi connectivity index (χ1) is 11.3. The molecule has 5 nitrogen and oxygen atoms in total. The van der Waals surface area contributed by atoms with Gasteiger partial charge in [-0.2, -0.15) is 0 Å². The van der Waals surface area contributed by atoms with Gasteiger partial charge in [-0.05, 0) is 24.3 Å². The topological polar surface area (TPSA) is 49.6 Å². The Hall–Kier alpha value is -2.60. The lowest BCUT2D eigenvalue weighted by atomic mass is 10.1. The van der Waals surface area contributed by atoms with Gasteiger partial charge >= 0.3 is 0 Å². The molecule has 0 saturated heterocycles. The summed E-state index contributed by atoms with van der Waals surface area (Å²) in [7, 11) is 2.00. The molecule has 1 aliphatic rings. The van der Waals surface area contributed by atoms with Crippen LogP contribution in [0.25, 0.3) is 0 Å². The minimum Gasteiger partial charge on any atom is -0.467 e. The van der Waals surface area contributed by atoms with Crippen LogP contribution >= 0.6 is 11.3 Å². The van der Waals surface area contributed by atoms with Gasteiger partial charge in [-0.3, -0.25) is 9.78 Å². The molecule has 0 bridgehead atoms. The molecule has 2 aromatic heterocycles. The van der Waals surface area contributed by atoms with Crippen molar-refractivity contribution < 1.29 is 9.21 Å². The zero-order valence-electron chi connectivity index (χ0n) is 12.5. The molecule has 0 radical (unpaired) electrons. The Morgan fingerprint density at radius 1 is 1.26 bits per heavy atom. The van der Waals surface area contributed by atoms with E-state index in [9.17, 15) is 4.79 Å². The number of fused-ring (bicyclic) bond motifs is 1. The van der Waals surface area contributed by atoms with Crippen LogP contribution in [0.4, 0.5) is 5.69 Å². The van der Waals surface area contributed by atoms with Crippen molar-refractivity contribution in [2.24, 2.45) is 0 Å². The number of hydrogen-bond acceptors (Lipinski definition) is 5. The molecule has 0 aliphatic carbocycles.